The first-order valence-electron chi connectivity index (χ1n) is 5.32. The van der Waals surface area contributed by atoms with Crippen molar-refractivity contribution in [2.45, 2.75) is 12.6 Å². The maximum absolute atomic E-state index is 13.8. The smallest absolute Gasteiger partial charge is 0.330 e. The summed E-state index contributed by atoms with van der Waals surface area (Å²) >= 11 is 1.03. The molecule has 102 valence electrons. The first-order chi connectivity index (χ1) is 8.93. The fourth-order valence-electron chi connectivity index (χ4n) is 1.50. The van der Waals surface area contributed by atoms with Crippen molar-refractivity contribution in [1.82, 2.24) is 10.2 Å². The van der Waals surface area contributed by atoms with Gasteiger partial charge in [0.15, 0.2) is 5.01 Å². The largest absolute Gasteiger partial charge is 0.419 e. The van der Waals surface area contributed by atoms with Crippen molar-refractivity contribution in [3.8, 4) is 10.6 Å². The summed E-state index contributed by atoms with van der Waals surface area (Å²) < 4.78 is 51.6. The molecule has 8 heteroatoms. The molecule has 0 unspecified atom stereocenters. The summed E-state index contributed by atoms with van der Waals surface area (Å²) in [5.74, 6) is -1.33. The summed E-state index contributed by atoms with van der Waals surface area (Å²) in [6, 6.07) is 3.09. The molecule has 0 aliphatic heterocycles. The Morgan fingerprint density at radius 2 is 1.95 bits per heavy atom. The van der Waals surface area contributed by atoms with Crippen molar-refractivity contribution in [1.29, 1.82) is 0 Å². The molecule has 0 spiro atoms. The number of nitrogens with two attached hydrogens (primary N) is 1. The van der Waals surface area contributed by atoms with Crippen molar-refractivity contribution in [2.75, 3.05) is 6.54 Å². The predicted octanol–water partition coefficient (Wildman–Crippen LogP) is 2.86. The van der Waals surface area contributed by atoms with Gasteiger partial charge < -0.3 is 5.73 Å². The lowest BCUT2D eigenvalue weighted by Crippen LogP contribution is -2.08. The van der Waals surface area contributed by atoms with Crippen LogP contribution in [-0.4, -0.2) is 16.7 Å². The van der Waals surface area contributed by atoms with E-state index >= 15 is 0 Å². The average Bonchev–Trinajstić information content (AvgIpc) is 2.76. The molecule has 0 atom stereocenters. The molecule has 0 saturated carbocycles. The van der Waals surface area contributed by atoms with Gasteiger partial charge in [0.2, 0.25) is 0 Å². The van der Waals surface area contributed by atoms with Gasteiger partial charge in [0.25, 0.3) is 0 Å². The van der Waals surface area contributed by atoms with E-state index in [1.165, 1.54) is 6.07 Å². The first kappa shape index (κ1) is 13.9. The monoisotopic (exact) mass is 291 g/mol. The van der Waals surface area contributed by atoms with E-state index in [9.17, 15) is 17.6 Å². The molecule has 0 aliphatic rings. The Morgan fingerprint density at radius 1 is 1.21 bits per heavy atom. The van der Waals surface area contributed by atoms with E-state index in [4.69, 9.17) is 5.73 Å². The third kappa shape index (κ3) is 2.90. The summed E-state index contributed by atoms with van der Waals surface area (Å²) in [6.45, 7) is 0.347. The molecule has 2 rings (SSSR count). The Kier molecular flexibility index (Phi) is 3.81. The fourth-order valence-corrected chi connectivity index (χ4v) is 2.38. The van der Waals surface area contributed by atoms with Gasteiger partial charge in [-0.1, -0.05) is 17.4 Å². The Hall–Kier alpha value is -1.54. The fraction of sp³-hybridized carbons (Fsp3) is 0.273. The maximum Gasteiger partial charge on any atom is 0.419 e. The Labute approximate surface area is 110 Å². The molecule has 3 nitrogen and oxygen atoms in total. The van der Waals surface area contributed by atoms with E-state index in [0.717, 1.165) is 17.4 Å². The normalized spacial score (nSPS) is 11.8. The van der Waals surface area contributed by atoms with Gasteiger partial charge in [-0.25, -0.2) is 4.39 Å². The molecule has 0 bridgehead atoms. The maximum atomic E-state index is 13.8. The minimum Gasteiger partial charge on any atom is -0.330 e. The minimum absolute atomic E-state index is 0.118. The zero-order chi connectivity index (χ0) is 14.0. The zero-order valence-corrected chi connectivity index (χ0v) is 10.4. The molecule has 2 N–H and O–H groups in total. The lowest BCUT2D eigenvalue weighted by molar-refractivity contribution is -0.139. The number of hydrogen-bond donors (Lipinski definition) is 1. The van der Waals surface area contributed by atoms with Crippen LogP contribution in [0.5, 0.6) is 0 Å². The van der Waals surface area contributed by atoms with Crippen LogP contribution >= 0.6 is 11.3 Å². The Bertz CT molecular complexity index is 580. The van der Waals surface area contributed by atoms with Crippen LogP contribution in [0.4, 0.5) is 17.6 Å². The second-order valence-electron chi connectivity index (χ2n) is 3.70. The molecular formula is C11H9F4N3S. The summed E-state index contributed by atoms with van der Waals surface area (Å²) in [5, 5.41) is 8.13. The number of rotatable bonds is 3. The van der Waals surface area contributed by atoms with Crippen LogP contribution in [-0.2, 0) is 12.6 Å². The average molecular weight is 291 g/mol. The number of alkyl halides is 3. The van der Waals surface area contributed by atoms with Gasteiger partial charge in [-0.15, -0.1) is 10.2 Å². The number of nitrogens with zero attached hydrogens (tertiary/aromatic N) is 2. The van der Waals surface area contributed by atoms with Gasteiger partial charge in [-0.3, -0.25) is 0 Å². The number of hydrogen-bond acceptors (Lipinski definition) is 4. The van der Waals surface area contributed by atoms with E-state index in [1.54, 1.807) is 0 Å². The minimum atomic E-state index is -4.73. The van der Waals surface area contributed by atoms with Gasteiger partial charge in [0.05, 0.1) is 5.56 Å². The van der Waals surface area contributed by atoms with Crippen LogP contribution in [0.3, 0.4) is 0 Å². The van der Waals surface area contributed by atoms with Crippen molar-refractivity contribution < 1.29 is 17.6 Å². The van der Waals surface area contributed by atoms with Crippen LogP contribution < -0.4 is 5.73 Å². The summed E-state index contributed by atoms with van der Waals surface area (Å²) in [4.78, 5) is 0. The van der Waals surface area contributed by atoms with E-state index in [-0.39, 0.29) is 10.6 Å². The van der Waals surface area contributed by atoms with E-state index < -0.39 is 17.6 Å². The van der Waals surface area contributed by atoms with Gasteiger partial charge in [0.1, 0.15) is 10.8 Å². The van der Waals surface area contributed by atoms with E-state index in [0.29, 0.717) is 24.0 Å². The van der Waals surface area contributed by atoms with Crippen molar-refractivity contribution in [2.24, 2.45) is 5.73 Å². The van der Waals surface area contributed by atoms with Gasteiger partial charge >= 0.3 is 6.18 Å². The number of aromatic nitrogens is 2. The quantitative estimate of drug-likeness (QED) is 0.885. The highest BCUT2D eigenvalue weighted by Gasteiger charge is 2.35. The van der Waals surface area contributed by atoms with Crippen LogP contribution in [0.25, 0.3) is 10.6 Å². The third-order valence-corrected chi connectivity index (χ3v) is 3.38. The van der Waals surface area contributed by atoms with Crippen LogP contribution in [0, 0.1) is 5.82 Å². The Morgan fingerprint density at radius 3 is 2.58 bits per heavy atom. The molecule has 0 radical (unpaired) electrons. The molecule has 1 aromatic carbocycles. The number of halogens is 4. The molecule has 0 aliphatic carbocycles. The molecule has 2 aromatic rings. The first-order valence-corrected chi connectivity index (χ1v) is 6.13. The zero-order valence-electron chi connectivity index (χ0n) is 9.54. The molecule has 0 amide bonds. The highest BCUT2D eigenvalue weighted by molar-refractivity contribution is 7.14. The molecule has 0 fully saturated rings. The lowest BCUT2D eigenvalue weighted by Gasteiger charge is -2.09. The third-order valence-electron chi connectivity index (χ3n) is 2.36. The number of benzene rings is 1. The predicted molar refractivity (Wildman–Crippen MR) is 63.1 cm³/mol. The SMILES string of the molecule is NCCc1nnc(-c2cccc(C(F)(F)F)c2F)s1. The topological polar surface area (TPSA) is 51.8 Å². The lowest BCUT2D eigenvalue weighted by atomic mass is 10.1. The molecule has 1 heterocycles. The van der Waals surface area contributed by atoms with Crippen LogP contribution in [0.2, 0.25) is 0 Å². The second kappa shape index (κ2) is 5.22. The molecular weight excluding hydrogens is 282 g/mol. The summed E-state index contributed by atoms with van der Waals surface area (Å²) in [7, 11) is 0. The van der Waals surface area contributed by atoms with Gasteiger partial charge in [-0.05, 0) is 18.7 Å². The van der Waals surface area contributed by atoms with Crippen LogP contribution in [0.1, 0.15) is 10.6 Å². The Balaban J connectivity index is 2.45. The van der Waals surface area contributed by atoms with E-state index in [2.05, 4.69) is 10.2 Å². The highest BCUT2D eigenvalue weighted by atomic mass is 32.1. The van der Waals surface area contributed by atoms with Crippen molar-refractivity contribution in [3.63, 3.8) is 0 Å². The van der Waals surface area contributed by atoms with Crippen LogP contribution in [0.15, 0.2) is 18.2 Å². The summed E-state index contributed by atoms with van der Waals surface area (Å²) in [6.07, 6.45) is -4.27. The molecule has 1 aromatic heterocycles. The molecule has 0 saturated heterocycles. The van der Waals surface area contributed by atoms with E-state index in [1.807, 2.05) is 0 Å². The highest BCUT2D eigenvalue weighted by Crippen LogP contribution is 2.36. The second-order valence-corrected chi connectivity index (χ2v) is 4.77. The summed E-state index contributed by atoms with van der Waals surface area (Å²) in [5.41, 5.74) is 3.83. The van der Waals surface area contributed by atoms with Crippen molar-refractivity contribution in [3.05, 3.63) is 34.6 Å². The standard InChI is InChI=1S/C11H9F4N3S/c12-9-6(2-1-3-7(9)11(13,14)15)10-18-17-8(19-10)4-5-16/h1-3H,4-5,16H2. The van der Waals surface area contributed by atoms with Gasteiger partial charge in [0, 0.05) is 12.0 Å². The van der Waals surface area contributed by atoms with Gasteiger partial charge in [-0.2, -0.15) is 13.2 Å². The van der Waals surface area contributed by atoms with Crippen molar-refractivity contribution >= 4 is 11.3 Å². The molecule has 19 heavy (non-hydrogen) atoms.